The van der Waals surface area contributed by atoms with Gasteiger partial charge in [0.05, 0.1) is 17.8 Å². The van der Waals surface area contributed by atoms with E-state index in [2.05, 4.69) is 23.9 Å². The van der Waals surface area contributed by atoms with Crippen LogP contribution >= 0.6 is 0 Å². The van der Waals surface area contributed by atoms with Crippen molar-refractivity contribution in [3.8, 4) is 0 Å². The Bertz CT molecular complexity index is 425. The van der Waals surface area contributed by atoms with E-state index in [0.29, 0.717) is 12.6 Å². The molecule has 1 aliphatic carbocycles. The van der Waals surface area contributed by atoms with Crippen molar-refractivity contribution < 1.29 is 4.74 Å². The summed E-state index contributed by atoms with van der Waals surface area (Å²) in [6, 6.07) is 2.79. The van der Waals surface area contributed by atoms with Crippen LogP contribution in [0.3, 0.4) is 0 Å². The van der Waals surface area contributed by atoms with Crippen molar-refractivity contribution in [2.45, 2.75) is 57.6 Å². The quantitative estimate of drug-likeness (QED) is 0.907. The van der Waals surface area contributed by atoms with Gasteiger partial charge in [-0.2, -0.15) is 5.10 Å². The minimum Gasteiger partial charge on any atom is -0.378 e. The first-order valence-electron chi connectivity index (χ1n) is 7.59. The molecule has 2 N–H and O–H groups in total. The zero-order valence-electron chi connectivity index (χ0n) is 11.8. The van der Waals surface area contributed by atoms with Crippen LogP contribution in [0.2, 0.25) is 0 Å². The minimum atomic E-state index is 0.0921. The first-order valence-corrected chi connectivity index (χ1v) is 7.59. The molecule has 1 aromatic heterocycles. The third-order valence-electron chi connectivity index (χ3n) is 5.13. The fraction of sp³-hybridized carbons (Fsp3) is 0.800. The molecule has 1 aliphatic heterocycles. The van der Waals surface area contributed by atoms with Gasteiger partial charge in [-0.25, -0.2) is 0 Å². The largest absolute Gasteiger partial charge is 0.378 e. The van der Waals surface area contributed by atoms with Crippen LogP contribution in [0.4, 0.5) is 0 Å². The first kappa shape index (κ1) is 13.1. The highest BCUT2D eigenvalue weighted by atomic mass is 16.5. The number of nitrogens with two attached hydrogens (primary N) is 1. The Kier molecular flexibility index (Phi) is 3.63. The van der Waals surface area contributed by atoms with Crippen molar-refractivity contribution >= 4 is 0 Å². The topological polar surface area (TPSA) is 53.1 Å². The van der Waals surface area contributed by atoms with Gasteiger partial charge in [-0.05, 0) is 32.3 Å². The summed E-state index contributed by atoms with van der Waals surface area (Å²) in [5.41, 5.74) is 7.29. The lowest BCUT2D eigenvalue weighted by Gasteiger charge is -2.29. The molecule has 0 spiro atoms. The predicted molar refractivity (Wildman–Crippen MR) is 75.0 cm³/mol. The summed E-state index contributed by atoms with van der Waals surface area (Å²) >= 11 is 0. The Morgan fingerprint density at radius 2 is 2.26 bits per heavy atom. The van der Waals surface area contributed by atoms with E-state index in [-0.39, 0.29) is 11.5 Å². The highest BCUT2D eigenvalue weighted by Crippen LogP contribution is 2.37. The van der Waals surface area contributed by atoms with E-state index in [1.54, 1.807) is 0 Å². The smallest absolute Gasteiger partial charge is 0.0631 e. The maximum absolute atomic E-state index is 6.02. The molecule has 3 rings (SSSR count). The molecule has 0 radical (unpaired) electrons. The summed E-state index contributed by atoms with van der Waals surface area (Å²) in [7, 11) is 0. The monoisotopic (exact) mass is 263 g/mol. The van der Waals surface area contributed by atoms with E-state index in [9.17, 15) is 0 Å². The Morgan fingerprint density at radius 1 is 1.47 bits per heavy atom. The van der Waals surface area contributed by atoms with E-state index in [4.69, 9.17) is 15.6 Å². The summed E-state index contributed by atoms with van der Waals surface area (Å²) in [6.07, 6.45) is 9.65. The van der Waals surface area contributed by atoms with Gasteiger partial charge in [0, 0.05) is 31.2 Å². The van der Waals surface area contributed by atoms with Crippen LogP contribution in [-0.2, 0) is 11.2 Å². The zero-order chi connectivity index (χ0) is 13.3. The normalized spacial score (nSPS) is 32.2. The molecule has 0 aromatic carbocycles. The van der Waals surface area contributed by atoms with E-state index >= 15 is 0 Å². The molecule has 19 heavy (non-hydrogen) atoms. The molecule has 2 unspecified atom stereocenters. The average Bonchev–Trinajstić information content (AvgIpc) is 3.12. The molecule has 1 saturated heterocycles. The van der Waals surface area contributed by atoms with Gasteiger partial charge in [0.1, 0.15) is 0 Å². The second-order valence-electron chi connectivity index (χ2n) is 6.23. The fourth-order valence-electron chi connectivity index (χ4n) is 3.60. The molecule has 2 heterocycles. The van der Waals surface area contributed by atoms with Gasteiger partial charge in [0.2, 0.25) is 0 Å². The molecule has 4 nitrogen and oxygen atoms in total. The van der Waals surface area contributed by atoms with Gasteiger partial charge in [0.15, 0.2) is 0 Å². The second kappa shape index (κ2) is 5.25. The minimum absolute atomic E-state index is 0.0921. The SMILES string of the molecule is CC1OCCC1(CN)Cc1ccn(C2CCCC2)n1. The lowest BCUT2D eigenvalue weighted by molar-refractivity contribution is 0.0668. The third kappa shape index (κ3) is 2.43. The molecule has 2 fully saturated rings. The zero-order valence-corrected chi connectivity index (χ0v) is 11.8. The van der Waals surface area contributed by atoms with Crippen molar-refractivity contribution in [3.63, 3.8) is 0 Å². The fourth-order valence-corrected chi connectivity index (χ4v) is 3.60. The first-order chi connectivity index (χ1) is 9.23. The Hall–Kier alpha value is -0.870. The summed E-state index contributed by atoms with van der Waals surface area (Å²) in [4.78, 5) is 0. The molecular formula is C15H25N3O. The highest BCUT2D eigenvalue weighted by molar-refractivity contribution is 5.07. The summed E-state index contributed by atoms with van der Waals surface area (Å²) in [5, 5.41) is 4.79. The van der Waals surface area contributed by atoms with Crippen molar-refractivity contribution in [1.29, 1.82) is 0 Å². The van der Waals surface area contributed by atoms with Gasteiger partial charge >= 0.3 is 0 Å². The van der Waals surface area contributed by atoms with Crippen LogP contribution in [0.25, 0.3) is 0 Å². The van der Waals surface area contributed by atoms with E-state index < -0.39 is 0 Å². The summed E-state index contributed by atoms with van der Waals surface area (Å²) < 4.78 is 7.90. The lowest BCUT2D eigenvalue weighted by atomic mass is 9.77. The predicted octanol–water partition coefficient (Wildman–Crippen LogP) is 2.29. The molecule has 2 atom stereocenters. The van der Waals surface area contributed by atoms with Crippen molar-refractivity contribution in [1.82, 2.24) is 9.78 Å². The second-order valence-corrected chi connectivity index (χ2v) is 6.23. The van der Waals surface area contributed by atoms with E-state index in [0.717, 1.165) is 19.4 Å². The molecule has 0 amide bonds. The van der Waals surface area contributed by atoms with Crippen LogP contribution in [0.5, 0.6) is 0 Å². The van der Waals surface area contributed by atoms with Crippen LogP contribution < -0.4 is 5.73 Å². The highest BCUT2D eigenvalue weighted by Gasteiger charge is 2.40. The maximum atomic E-state index is 6.02. The molecule has 1 saturated carbocycles. The number of hydrogen-bond donors (Lipinski definition) is 1. The molecule has 4 heteroatoms. The molecule has 2 aliphatic rings. The number of aromatic nitrogens is 2. The van der Waals surface area contributed by atoms with Crippen molar-refractivity contribution in [2.75, 3.05) is 13.2 Å². The van der Waals surface area contributed by atoms with Crippen molar-refractivity contribution in [3.05, 3.63) is 18.0 Å². The summed E-state index contributed by atoms with van der Waals surface area (Å²) in [5.74, 6) is 0. The Morgan fingerprint density at radius 3 is 2.89 bits per heavy atom. The third-order valence-corrected chi connectivity index (χ3v) is 5.13. The van der Waals surface area contributed by atoms with Gasteiger partial charge in [-0.3, -0.25) is 4.68 Å². The van der Waals surface area contributed by atoms with E-state index in [1.807, 2.05) is 0 Å². The standard InChI is InChI=1S/C15H25N3O/c1-12-15(11-16,7-9-19-12)10-13-6-8-18(17-13)14-4-2-3-5-14/h6,8,12,14H,2-5,7,9-11,16H2,1H3. The van der Waals surface area contributed by atoms with Crippen LogP contribution in [0, 0.1) is 5.41 Å². The molecular weight excluding hydrogens is 238 g/mol. The van der Waals surface area contributed by atoms with Crippen LogP contribution in [-0.4, -0.2) is 29.0 Å². The Balaban J connectivity index is 1.72. The van der Waals surface area contributed by atoms with Gasteiger partial charge in [0.25, 0.3) is 0 Å². The number of ether oxygens (including phenoxy) is 1. The Labute approximate surface area is 115 Å². The molecule has 106 valence electrons. The molecule has 0 bridgehead atoms. The summed E-state index contributed by atoms with van der Waals surface area (Å²) in [6.45, 7) is 3.67. The van der Waals surface area contributed by atoms with Crippen molar-refractivity contribution in [2.24, 2.45) is 11.1 Å². The lowest BCUT2D eigenvalue weighted by Crippen LogP contribution is -2.38. The maximum Gasteiger partial charge on any atom is 0.0631 e. The van der Waals surface area contributed by atoms with E-state index in [1.165, 1.54) is 31.4 Å². The van der Waals surface area contributed by atoms with Crippen LogP contribution in [0.1, 0.15) is 50.8 Å². The number of rotatable bonds is 4. The molecule has 1 aromatic rings. The number of nitrogens with zero attached hydrogens (tertiary/aromatic N) is 2. The van der Waals surface area contributed by atoms with Gasteiger partial charge < -0.3 is 10.5 Å². The average molecular weight is 263 g/mol. The van der Waals surface area contributed by atoms with Gasteiger partial charge in [-0.1, -0.05) is 12.8 Å². The number of hydrogen-bond acceptors (Lipinski definition) is 3. The van der Waals surface area contributed by atoms with Crippen LogP contribution in [0.15, 0.2) is 12.3 Å². The van der Waals surface area contributed by atoms with Gasteiger partial charge in [-0.15, -0.1) is 0 Å².